The number of hydrogen-bond donors (Lipinski definition) is 2. The molecule has 9 heteroatoms. The van der Waals surface area contributed by atoms with E-state index in [0.717, 1.165) is 24.7 Å². The van der Waals surface area contributed by atoms with Crippen LogP contribution in [-0.2, 0) is 6.18 Å². The van der Waals surface area contributed by atoms with E-state index in [0.29, 0.717) is 31.2 Å². The molecule has 0 aliphatic carbocycles. The Hall–Kier alpha value is -1.84. The molecule has 1 amide bonds. The predicted molar refractivity (Wildman–Crippen MR) is 80.8 cm³/mol. The summed E-state index contributed by atoms with van der Waals surface area (Å²) in [5, 5.41) is 18.7. The Kier molecular flexibility index (Phi) is 5.68. The van der Waals surface area contributed by atoms with E-state index in [9.17, 15) is 23.2 Å². The van der Waals surface area contributed by atoms with Gasteiger partial charge in [0, 0.05) is 26.2 Å². The lowest BCUT2D eigenvalue weighted by atomic mass is 10.0. The zero-order valence-corrected chi connectivity index (χ0v) is 13.3. The van der Waals surface area contributed by atoms with Crippen LogP contribution in [0.15, 0.2) is 18.2 Å². The maximum absolute atomic E-state index is 13.2. The molecular weight excluding hydrogens is 327 g/mol. The molecule has 6 nitrogen and oxygen atoms in total. The van der Waals surface area contributed by atoms with Crippen molar-refractivity contribution in [1.29, 1.82) is 0 Å². The number of halogens is 3. The average Bonchev–Trinajstić information content (AvgIpc) is 2.59. The van der Waals surface area contributed by atoms with Crippen molar-refractivity contribution in [3.05, 3.63) is 29.3 Å². The Morgan fingerprint density at radius 2 is 1.88 bits per heavy atom. The van der Waals surface area contributed by atoms with Gasteiger partial charge in [0.15, 0.2) is 0 Å². The molecular formula is C15H20F3N3O3. The molecule has 0 radical (unpaired) electrons. The molecule has 1 heterocycles. The largest absolute Gasteiger partial charge is 0.417 e. The fourth-order valence-corrected chi connectivity index (χ4v) is 2.64. The van der Waals surface area contributed by atoms with E-state index in [-0.39, 0.29) is 5.69 Å². The zero-order valence-electron chi connectivity index (χ0n) is 13.3. The van der Waals surface area contributed by atoms with Gasteiger partial charge in [0.1, 0.15) is 6.73 Å². The fraction of sp³-hybridized carbons (Fsp3) is 0.533. The molecule has 2 N–H and O–H groups in total. The number of hydrogen-bond acceptors (Lipinski definition) is 5. The highest BCUT2D eigenvalue weighted by Crippen LogP contribution is 2.34. The van der Waals surface area contributed by atoms with Crippen LogP contribution in [-0.4, -0.2) is 65.5 Å². The molecule has 0 aromatic heterocycles. The van der Waals surface area contributed by atoms with Gasteiger partial charge in [0.2, 0.25) is 0 Å². The minimum atomic E-state index is -4.69. The predicted octanol–water partition coefficient (Wildman–Crippen LogP) is 1.63. The number of carbonyl (C=O) groups is 1. The van der Waals surface area contributed by atoms with Crippen LogP contribution in [0.4, 0.5) is 18.9 Å². The number of amides is 1. The van der Waals surface area contributed by atoms with Crippen LogP contribution in [0.25, 0.3) is 0 Å². The lowest BCUT2D eigenvalue weighted by Gasteiger charge is -2.34. The minimum absolute atomic E-state index is 0.0824. The number of likely N-dealkylation sites (N-methyl/N-ethyl adjacent to an activating group) is 1. The van der Waals surface area contributed by atoms with Gasteiger partial charge < -0.3 is 14.9 Å². The number of alkyl halides is 3. The van der Waals surface area contributed by atoms with E-state index in [2.05, 4.69) is 4.90 Å². The van der Waals surface area contributed by atoms with Crippen LogP contribution >= 0.6 is 0 Å². The van der Waals surface area contributed by atoms with E-state index in [4.69, 9.17) is 5.11 Å². The van der Waals surface area contributed by atoms with Gasteiger partial charge in [0.05, 0.1) is 16.8 Å². The lowest BCUT2D eigenvalue weighted by molar-refractivity contribution is -0.138. The minimum Gasteiger partial charge on any atom is -0.374 e. The summed E-state index contributed by atoms with van der Waals surface area (Å²) < 4.78 is 39.6. The number of rotatable bonds is 4. The van der Waals surface area contributed by atoms with E-state index in [1.807, 2.05) is 6.92 Å². The van der Waals surface area contributed by atoms with Crippen LogP contribution in [0.1, 0.15) is 22.8 Å². The van der Waals surface area contributed by atoms with Crippen LogP contribution in [0.5, 0.6) is 0 Å². The van der Waals surface area contributed by atoms with Crippen LogP contribution < -0.4 is 5.06 Å². The highest BCUT2D eigenvalue weighted by Gasteiger charge is 2.37. The van der Waals surface area contributed by atoms with Gasteiger partial charge in [-0.05, 0) is 24.7 Å². The molecule has 1 saturated heterocycles. The third-order valence-corrected chi connectivity index (χ3v) is 4.08. The van der Waals surface area contributed by atoms with Crippen LogP contribution in [0.3, 0.4) is 0 Å². The second-order valence-corrected chi connectivity index (χ2v) is 5.50. The quantitative estimate of drug-likeness (QED) is 0.640. The normalized spacial score (nSPS) is 16.3. The van der Waals surface area contributed by atoms with Gasteiger partial charge in [-0.1, -0.05) is 6.92 Å². The molecule has 1 fully saturated rings. The van der Waals surface area contributed by atoms with Crippen molar-refractivity contribution in [2.45, 2.75) is 13.1 Å². The molecule has 1 aliphatic heterocycles. The number of nitrogens with zero attached hydrogens (tertiary/aromatic N) is 3. The number of carbonyl (C=O) groups excluding carboxylic acids is 1. The first kappa shape index (κ1) is 18.5. The van der Waals surface area contributed by atoms with Crippen molar-refractivity contribution in [1.82, 2.24) is 9.80 Å². The second kappa shape index (κ2) is 7.37. The number of aliphatic hydroxyl groups excluding tert-OH is 1. The molecule has 1 aromatic rings. The summed E-state index contributed by atoms with van der Waals surface area (Å²) in [6.45, 7) is 3.90. The molecule has 2 rings (SSSR count). The number of anilines is 1. The van der Waals surface area contributed by atoms with E-state index in [1.165, 1.54) is 4.90 Å². The maximum atomic E-state index is 13.2. The van der Waals surface area contributed by atoms with Crippen LogP contribution in [0.2, 0.25) is 0 Å². The van der Waals surface area contributed by atoms with Crippen molar-refractivity contribution in [3.63, 3.8) is 0 Å². The summed E-state index contributed by atoms with van der Waals surface area (Å²) in [6.07, 6.45) is -4.69. The molecule has 24 heavy (non-hydrogen) atoms. The van der Waals surface area contributed by atoms with Crippen molar-refractivity contribution in [3.8, 4) is 0 Å². The lowest BCUT2D eigenvalue weighted by Crippen LogP contribution is -2.48. The third kappa shape index (κ3) is 3.97. The smallest absolute Gasteiger partial charge is 0.374 e. The molecule has 0 bridgehead atoms. The van der Waals surface area contributed by atoms with E-state index >= 15 is 0 Å². The second-order valence-electron chi connectivity index (χ2n) is 5.50. The number of benzene rings is 1. The summed E-state index contributed by atoms with van der Waals surface area (Å²) in [4.78, 5) is 16.0. The summed E-state index contributed by atoms with van der Waals surface area (Å²) in [7, 11) is 0. The van der Waals surface area contributed by atoms with Gasteiger partial charge in [-0.15, -0.1) is 0 Å². The highest BCUT2D eigenvalue weighted by atomic mass is 19.4. The molecule has 1 aromatic carbocycles. The first-order chi connectivity index (χ1) is 11.3. The van der Waals surface area contributed by atoms with Gasteiger partial charge in [0.25, 0.3) is 5.91 Å². The van der Waals surface area contributed by atoms with Crippen molar-refractivity contribution in [2.75, 3.05) is 44.5 Å². The van der Waals surface area contributed by atoms with E-state index < -0.39 is 29.9 Å². The summed E-state index contributed by atoms with van der Waals surface area (Å²) >= 11 is 0. The number of hydroxylamine groups is 1. The molecule has 0 unspecified atom stereocenters. The first-order valence-corrected chi connectivity index (χ1v) is 7.58. The Morgan fingerprint density at radius 1 is 1.25 bits per heavy atom. The van der Waals surface area contributed by atoms with Gasteiger partial charge in [-0.25, -0.2) is 5.06 Å². The van der Waals surface area contributed by atoms with Gasteiger partial charge in [-0.2, -0.15) is 13.2 Å². The molecule has 0 atom stereocenters. The Labute approximate surface area is 137 Å². The van der Waals surface area contributed by atoms with Gasteiger partial charge >= 0.3 is 6.18 Å². The summed E-state index contributed by atoms with van der Waals surface area (Å²) in [6, 6.07) is 2.70. The van der Waals surface area contributed by atoms with Crippen molar-refractivity contribution >= 4 is 11.6 Å². The molecule has 1 aliphatic rings. The topological polar surface area (TPSA) is 67.2 Å². The third-order valence-electron chi connectivity index (χ3n) is 4.08. The summed E-state index contributed by atoms with van der Waals surface area (Å²) in [5.74, 6) is -0.730. The molecule has 0 saturated carbocycles. The monoisotopic (exact) mass is 347 g/mol. The Morgan fingerprint density at radius 3 is 2.38 bits per heavy atom. The van der Waals surface area contributed by atoms with Crippen molar-refractivity contribution in [2.24, 2.45) is 0 Å². The Balaban J connectivity index is 2.33. The standard InChI is InChI=1S/C15H20F3N3O3/c1-2-19-5-7-20(8-6-19)14(23)12-9-11(21(24)10-22)3-4-13(12)15(16,17)18/h3-4,9,22,24H,2,5-8,10H2,1H3. The number of aliphatic hydroxyl groups is 1. The van der Waals surface area contributed by atoms with Gasteiger partial charge in [-0.3, -0.25) is 10.0 Å². The maximum Gasteiger partial charge on any atom is 0.417 e. The zero-order chi connectivity index (χ0) is 17.9. The average molecular weight is 347 g/mol. The van der Waals surface area contributed by atoms with Crippen molar-refractivity contribution < 1.29 is 28.3 Å². The SMILES string of the molecule is CCN1CCN(C(=O)c2cc(N(O)CO)ccc2C(F)(F)F)CC1. The highest BCUT2D eigenvalue weighted by molar-refractivity contribution is 5.97. The van der Waals surface area contributed by atoms with E-state index in [1.54, 1.807) is 0 Å². The summed E-state index contributed by atoms with van der Waals surface area (Å²) in [5.41, 5.74) is -1.67. The number of piperazine rings is 1. The van der Waals surface area contributed by atoms with Crippen LogP contribution in [0, 0.1) is 0 Å². The first-order valence-electron chi connectivity index (χ1n) is 7.58. The molecule has 134 valence electrons. The fourth-order valence-electron chi connectivity index (χ4n) is 2.64. The Bertz CT molecular complexity index is 587. The molecule has 0 spiro atoms.